The zero-order valence-corrected chi connectivity index (χ0v) is 16.0. The normalized spacial score (nSPS) is 20.9. The fourth-order valence-corrected chi connectivity index (χ4v) is 4.09. The Kier molecular flexibility index (Phi) is 7.30. The molecule has 2 N–H and O–H groups in total. The van der Waals surface area contributed by atoms with Gasteiger partial charge in [-0.1, -0.05) is 37.5 Å². The number of hydrogen-bond acceptors (Lipinski definition) is 2. The molecule has 1 saturated carbocycles. The number of piperidine rings is 1. The predicted molar refractivity (Wildman–Crippen MR) is 106 cm³/mol. The van der Waals surface area contributed by atoms with E-state index in [1.54, 1.807) is 12.1 Å². The van der Waals surface area contributed by atoms with Gasteiger partial charge >= 0.3 is 0 Å². The van der Waals surface area contributed by atoms with Crippen LogP contribution in [0, 0.1) is 11.7 Å². The number of guanidine groups is 1. The van der Waals surface area contributed by atoms with Gasteiger partial charge in [-0.15, -0.1) is 0 Å². The van der Waals surface area contributed by atoms with E-state index in [9.17, 15) is 4.39 Å². The van der Waals surface area contributed by atoms with Crippen LogP contribution in [-0.4, -0.2) is 43.6 Å². The Labute approximate surface area is 157 Å². The largest absolute Gasteiger partial charge is 0.356 e. The van der Waals surface area contributed by atoms with Crippen LogP contribution >= 0.6 is 0 Å². The fourth-order valence-electron chi connectivity index (χ4n) is 4.09. The highest BCUT2D eigenvalue weighted by molar-refractivity contribution is 5.79. The summed E-state index contributed by atoms with van der Waals surface area (Å²) in [5.41, 5.74) is 0.807. The van der Waals surface area contributed by atoms with Crippen molar-refractivity contribution in [2.24, 2.45) is 10.9 Å². The molecule has 1 aliphatic carbocycles. The minimum absolute atomic E-state index is 0.0890. The van der Waals surface area contributed by atoms with E-state index < -0.39 is 0 Å². The second kappa shape index (κ2) is 9.91. The zero-order valence-electron chi connectivity index (χ0n) is 16.0. The van der Waals surface area contributed by atoms with E-state index in [4.69, 9.17) is 0 Å². The van der Waals surface area contributed by atoms with Gasteiger partial charge in [-0.25, -0.2) is 4.39 Å². The summed E-state index contributed by atoms with van der Waals surface area (Å²) in [5.74, 6) is 1.52. The van der Waals surface area contributed by atoms with Crippen molar-refractivity contribution in [1.29, 1.82) is 0 Å². The molecule has 0 unspecified atom stereocenters. The van der Waals surface area contributed by atoms with Gasteiger partial charge in [0.1, 0.15) is 5.82 Å². The maximum absolute atomic E-state index is 13.8. The van der Waals surface area contributed by atoms with E-state index in [2.05, 4.69) is 20.5 Å². The first-order valence-corrected chi connectivity index (χ1v) is 10.2. The first kappa shape index (κ1) is 19.2. The molecule has 144 valence electrons. The number of benzene rings is 1. The van der Waals surface area contributed by atoms with E-state index in [0.29, 0.717) is 12.0 Å². The van der Waals surface area contributed by atoms with Crippen LogP contribution in [0.2, 0.25) is 0 Å². The molecule has 0 spiro atoms. The standard InChI is InChI=1S/C21H33FN4/c1-23-21(25-19-8-3-2-4-9-19)24-15-17-11-13-26(14-12-17)16-18-7-5-6-10-20(18)22/h5-7,10,17,19H,2-4,8-9,11-16H2,1H3,(H2,23,24,25). The van der Waals surface area contributed by atoms with Crippen LogP contribution < -0.4 is 10.6 Å². The van der Waals surface area contributed by atoms with Crippen molar-refractivity contribution in [3.05, 3.63) is 35.6 Å². The Morgan fingerprint density at radius 3 is 2.54 bits per heavy atom. The quantitative estimate of drug-likeness (QED) is 0.623. The van der Waals surface area contributed by atoms with Crippen molar-refractivity contribution in [3.8, 4) is 0 Å². The monoisotopic (exact) mass is 360 g/mol. The molecule has 1 aliphatic heterocycles. The van der Waals surface area contributed by atoms with Crippen LogP contribution in [0.25, 0.3) is 0 Å². The van der Waals surface area contributed by atoms with E-state index >= 15 is 0 Å². The second-order valence-corrected chi connectivity index (χ2v) is 7.74. The summed E-state index contributed by atoms with van der Waals surface area (Å²) >= 11 is 0. The van der Waals surface area contributed by atoms with Crippen molar-refractivity contribution < 1.29 is 4.39 Å². The van der Waals surface area contributed by atoms with Crippen molar-refractivity contribution in [2.45, 2.75) is 57.5 Å². The molecule has 0 atom stereocenters. The topological polar surface area (TPSA) is 39.7 Å². The molecular weight excluding hydrogens is 327 g/mol. The number of nitrogens with zero attached hydrogens (tertiary/aromatic N) is 2. The number of likely N-dealkylation sites (tertiary alicyclic amines) is 1. The lowest BCUT2D eigenvalue weighted by molar-refractivity contribution is 0.176. The Balaban J connectivity index is 1.37. The Bertz CT molecular complexity index is 575. The van der Waals surface area contributed by atoms with E-state index in [1.165, 1.54) is 32.1 Å². The second-order valence-electron chi connectivity index (χ2n) is 7.74. The summed E-state index contributed by atoms with van der Waals surface area (Å²) in [6, 6.07) is 7.70. The smallest absolute Gasteiger partial charge is 0.191 e. The van der Waals surface area contributed by atoms with Crippen LogP contribution in [0.1, 0.15) is 50.5 Å². The molecule has 4 nitrogen and oxygen atoms in total. The average Bonchev–Trinajstić information content (AvgIpc) is 2.69. The van der Waals surface area contributed by atoms with Crippen molar-refractivity contribution in [3.63, 3.8) is 0 Å². The summed E-state index contributed by atoms with van der Waals surface area (Å²) in [4.78, 5) is 6.75. The van der Waals surface area contributed by atoms with Crippen molar-refractivity contribution in [1.82, 2.24) is 15.5 Å². The summed E-state index contributed by atoms with van der Waals surface area (Å²) in [6.45, 7) is 3.77. The van der Waals surface area contributed by atoms with Gasteiger partial charge in [0.25, 0.3) is 0 Å². The van der Waals surface area contributed by atoms with Crippen molar-refractivity contribution >= 4 is 5.96 Å². The molecular formula is C21H33FN4. The molecule has 1 heterocycles. The summed E-state index contributed by atoms with van der Waals surface area (Å²) in [6.07, 6.45) is 8.86. The zero-order chi connectivity index (χ0) is 18.2. The number of halogens is 1. The highest BCUT2D eigenvalue weighted by Crippen LogP contribution is 2.20. The molecule has 0 bridgehead atoms. The van der Waals surface area contributed by atoms with Crippen LogP contribution in [0.4, 0.5) is 4.39 Å². The minimum atomic E-state index is -0.0890. The lowest BCUT2D eigenvalue weighted by Gasteiger charge is -2.32. The highest BCUT2D eigenvalue weighted by Gasteiger charge is 2.21. The van der Waals surface area contributed by atoms with Gasteiger partial charge in [0, 0.05) is 31.7 Å². The number of aliphatic imine (C=N–C) groups is 1. The first-order chi connectivity index (χ1) is 12.7. The molecule has 2 aliphatic rings. The Morgan fingerprint density at radius 2 is 1.85 bits per heavy atom. The lowest BCUT2D eigenvalue weighted by Crippen LogP contribution is -2.46. The van der Waals surface area contributed by atoms with Crippen LogP contribution in [-0.2, 0) is 6.54 Å². The SMILES string of the molecule is CN=C(NCC1CCN(Cc2ccccc2F)CC1)NC1CCCCC1. The lowest BCUT2D eigenvalue weighted by atomic mass is 9.95. The third kappa shape index (κ3) is 5.70. The predicted octanol–water partition coefficient (Wildman–Crippen LogP) is 3.54. The first-order valence-electron chi connectivity index (χ1n) is 10.2. The minimum Gasteiger partial charge on any atom is -0.356 e. The average molecular weight is 361 g/mol. The van der Waals surface area contributed by atoms with Gasteiger partial charge in [0.15, 0.2) is 5.96 Å². The molecule has 1 aromatic carbocycles. The van der Waals surface area contributed by atoms with Crippen LogP contribution in [0.15, 0.2) is 29.3 Å². The van der Waals surface area contributed by atoms with Gasteiger partial charge in [-0.2, -0.15) is 0 Å². The molecule has 26 heavy (non-hydrogen) atoms. The van der Waals surface area contributed by atoms with Crippen LogP contribution in [0.5, 0.6) is 0 Å². The fraction of sp³-hybridized carbons (Fsp3) is 0.667. The van der Waals surface area contributed by atoms with Gasteiger partial charge in [0.05, 0.1) is 0 Å². The third-order valence-corrected chi connectivity index (χ3v) is 5.79. The van der Waals surface area contributed by atoms with Gasteiger partial charge in [0.2, 0.25) is 0 Å². The Hall–Kier alpha value is -1.62. The summed E-state index contributed by atoms with van der Waals surface area (Å²) in [5, 5.41) is 7.10. The van der Waals surface area contributed by atoms with Gasteiger partial charge in [-0.3, -0.25) is 9.89 Å². The molecule has 3 rings (SSSR count). The summed E-state index contributed by atoms with van der Waals surface area (Å²) < 4.78 is 13.8. The number of nitrogens with one attached hydrogen (secondary N) is 2. The number of hydrogen-bond donors (Lipinski definition) is 2. The molecule has 0 aromatic heterocycles. The van der Waals surface area contributed by atoms with E-state index in [0.717, 1.165) is 50.5 Å². The van der Waals surface area contributed by atoms with Gasteiger partial charge in [-0.05, 0) is 50.8 Å². The number of rotatable bonds is 5. The molecule has 2 fully saturated rings. The molecule has 1 aromatic rings. The van der Waals surface area contributed by atoms with E-state index in [1.807, 2.05) is 19.2 Å². The Morgan fingerprint density at radius 1 is 1.12 bits per heavy atom. The maximum Gasteiger partial charge on any atom is 0.191 e. The molecule has 0 amide bonds. The molecule has 1 saturated heterocycles. The maximum atomic E-state index is 13.8. The molecule has 5 heteroatoms. The van der Waals surface area contributed by atoms with Crippen LogP contribution in [0.3, 0.4) is 0 Å². The highest BCUT2D eigenvalue weighted by atomic mass is 19.1. The molecule has 0 radical (unpaired) electrons. The third-order valence-electron chi connectivity index (χ3n) is 5.79. The van der Waals surface area contributed by atoms with Gasteiger partial charge < -0.3 is 10.6 Å². The van der Waals surface area contributed by atoms with E-state index in [-0.39, 0.29) is 5.82 Å². The summed E-state index contributed by atoms with van der Waals surface area (Å²) in [7, 11) is 1.86. The van der Waals surface area contributed by atoms with Crippen molar-refractivity contribution in [2.75, 3.05) is 26.7 Å².